The lowest BCUT2D eigenvalue weighted by molar-refractivity contribution is -0.144. The first kappa shape index (κ1) is 13.2. The van der Waals surface area contributed by atoms with Gasteiger partial charge < -0.3 is 9.64 Å². The molecule has 2 heterocycles. The standard InChI is InChI=1S/C13H22ClNO2/c1-10-4-5-12(17-10)13(16)15-8-2-3-11(9-15)6-7-14/h10-12H,2-9H2,1H3. The molecule has 17 heavy (non-hydrogen) atoms. The minimum absolute atomic E-state index is 0.181. The van der Waals surface area contributed by atoms with E-state index in [4.69, 9.17) is 16.3 Å². The van der Waals surface area contributed by atoms with Gasteiger partial charge in [-0.1, -0.05) is 0 Å². The Morgan fingerprint density at radius 3 is 2.88 bits per heavy atom. The van der Waals surface area contributed by atoms with Gasteiger partial charge in [0.2, 0.25) is 0 Å². The van der Waals surface area contributed by atoms with E-state index in [0.29, 0.717) is 11.8 Å². The highest BCUT2D eigenvalue weighted by Crippen LogP contribution is 2.25. The summed E-state index contributed by atoms with van der Waals surface area (Å²) in [5, 5.41) is 0. The third kappa shape index (κ3) is 3.35. The maximum atomic E-state index is 12.3. The molecule has 0 aliphatic carbocycles. The van der Waals surface area contributed by atoms with E-state index in [1.165, 1.54) is 6.42 Å². The fourth-order valence-corrected chi connectivity index (χ4v) is 3.15. The second-order valence-electron chi connectivity index (χ2n) is 5.28. The summed E-state index contributed by atoms with van der Waals surface area (Å²) in [6.45, 7) is 3.81. The molecule has 4 heteroatoms. The maximum absolute atomic E-state index is 12.3. The van der Waals surface area contributed by atoms with E-state index in [0.717, 1.165) is 38.8 Å². The average molecular weight is 260 g/mol. The average Bonchev–Trinajstić information content (AvgIpc) is 2.76. The molecule has 2 aliphatic heterocycles. The third-order valence-corrected chi connectivity index (χ3v) is 4.07. The number of alkyl halides is 1. The lowest BCUT2D eigenvalue weighted by Crippen LogP contribution is -2.45. The molecule has 0 saturated carbocycles. The molecule has 2 rings (SSSR count). The minimum atomic E-state index is -0.181. The van der Waals surface area contributed by atoms with Crippen LogP contribution in [0, 0.1) is 5.92 Å². The minimum Gasteiger partial charge on any atom is -0.365 e. The lowest BCUT2D eigenvalue weighted by Gasteiger charge is -2.34. The molecule has 3 unspecified atom stereocenters. The monoisotopic (exact) mass is 259 g/mol. The number of likely N-dealkylation sites (tertiary alicyclic amines) is 1. The number of halogens is 1. The van der Waals surface area contributed by atoms with Crippen LogP contribution in [0.1, 0.15) is 39.0 Å². The highest BCUT2D eigenvalue weighted by molar-refractivity contribution is 6.17. The van der Waals surface area contributed by atoms with Crippen molar-refractivity contribution in [3.8, 4) is 0 Å². The highest BCUT2D eigenvalue weighted by Gasteiger charge is 2.33. The Morgan fingerprint density at radius 2 is 2.24 bits per heavy atom. The predicted molar refractivity (Wildman–Crippen MR) is 68.2 cm³/mol. The van der Waals surface area contributed by atoms with E-state index >= 15 is 0 Å². The zero-order valence-electron chi connectivity index (χ0n) is 10.5. The topological polar surface area (TPSA) is 29.5 Å². The molecular formula is C13H22ClNO2. The molecule has 0 radical (unpaired) electrons. The summed E-state index contributed by atoms with van der Waals surface area (Å²) in [6.07, 6.45) is 5.29. The molecule has 0 aromatic heterocycles. The van der Waals surface area contributed by atoms with Gasteiger partial charge in [-0.2, -0.15) is 0 Å². The van der Waals surface area contributed by atoms with E-state index in [1.54, 1.807) is 0 Å². The Kier molecular flexibility index (Phi) is 4.69. The third-order valence-electron chi connectivity index (χ3n) is 3.86. The molecule has 0 aromatic carbocycles. The fraction of sp³-hybridized carbons (Fsp3) is 0.923. The van der Waals surface area contributed by atoms with Gasteiger partial charge in [0.15, 0.2) is 0 Å². The summed E-state index contributed by atoms with van der Waals surface area (Å²) in [5.41, 5.74) is 0. The Labute approximate surface area is 108 Å². The number of piperidine rings is 1. The van der Waals surface area contributed by atoms with Crippen LogP contribution in [0.25, 0.3) is 0 Å². The van der Waals surface area contributed by atoms with Crippen LogP contribution < -0.4 is 0 Å². The van der Waals surface area contributed by atoms with Gasteiger partial charge in [0, 0.05) is 19.0 Å². The van der Waals surface area contributed by atoms with Crippen molar-refractivity contribution in [2.24, 2.45) is 5.92 Å². The highest BCUT2D eigenvalue weighted by atomic mass is 35.5. The number of carbonyl (C=O) groups excluding carboxylic acids is 1. The first-order valence-electron chi connectivity index (χ1n) is 6.71. The molecule has 3 nitrogen and oxygen atoms in total. The number of hydrogen-bond acceptors (Lipinski definition) is 2. The fourth-order valence-electron chi connectivity index (χ4n) is 2.84. The summed E-state index contributed by atoms with van der Waals surface area (Å²) in [6, 6.07) is 0. The van der Waals surface area contributed by atoms with Gasteiger partial charge in [-0.25, -0.2) is 0 Å². The maximum Gasteiger partial charge on any atom is 0.251 e. The zero-order chi connectivity index (χ0) is 12.3. The van der Waals surface area contributed by atoms with Crippen LogP contribution in [0.15, 0.2) is 0 Å². The van der Waals surface area contributed by atoms with Crippen molar-refractivity contribution in [3.05, 3.63) is 0 Å². The molecule has 2 saturated heterocycles. The first-order chi connectivity index (χ1) is 8.20. The van der Waals surface area contributed by atoms with Crippen molar-refractivity contribution < 1.29 is 9.53 Å². The SMILES string of the molecule is CC1CCC(C(=O)N2CCCC(CCCl)C2)O1. The van der Waals surface area contributed by atoms with Gasteiger partial charge in [0.05, 0.1) is 6.10 Å². The number of rotatable bonds is 3. The number of nitrogens with zero attached hydrogens (tertiary/aromatic N) is 1. The van der Waals surface area contributed by atoms with Gasteiger partial charge in [-0.05, 0) is 44.9 Å². The van der Waals surface area contributed by atoms with Crippen LogP contribution >= 0.6 is 11.6 Å². The molecule has 3 atom stereocenters. The molecule has 2 fully saturated rings. The van der Waals surface area contributed by atoms with Crippen LogP contribution in [-0.4, -0.2) is 42.0 Å². The van der Waals surface area contributed by atoms with Crippen LogP contribution in [0.3, 0.4) is 0 Å². The largest absolute Gasteiger partial charge is 0.365 e. The van der Waals surface area contributed by atoms with Crippen LogP contribution in [0.2, 0.25) is 0 Å². The number of ether oxygens (including phenoxy) is 1. The first-order valence-corrected chi connectivity index (χ1v) is 7.24. The smallest absolute Gasteiger partial charge is 0.251 e. The molecule has 1 amide bonds. The van der Waals surface area contributed by atoms with Crippen molar-refractivity contribution in [1.82, 2.24) is 4.90 Å². The van der Waals surface area contributed by atoms with Gasteiger partial charge in [0.1, 0.15) is 6.10 Å². The number of hydrogen-bond donors (Lipinski definition) is 0. The van der Waals surface area contributed by atoms with Crippen LogP contribution in [0.5, 0.6) is 0 Å². The molecule has 0 spiro atoms. The van der Waals surface area contributed by atoms with E-state index in [1.807, 2.05) is 11.8 Å². The van der Waals surface area contributed by atoms with Crippen molar-refractivity contribution in [3.63, 3.8) is 0 Å². The predicted octanol–water partition coefficient (Wildman–Crippen LogP) is 2.42. The molecule has 2 aliphatic rings. The summed E-state index contributed by atoms with van der Waals surface area (Å²) >= 11 is 5.78. The summed E-state index contributed by atoms with van der Waals surface area (Å²) in [5.74, 6) is 1.49. The van der Waals surface area contributed by atoms with Crippen LogP contribution in [-0.2, 0) is 9.53 Å². The van der Waals surface area contributed by atoms with Gasteiger partial charge in [-0.15, -0.1) is 11.6 Å². The summed E-state index contributed by atoms with van der Waals surface area (Å²) in [4.78, 5) is 14.3. The molecular weight excluding hydrogens is 238 g/mol. The van der Waals surface area contributed by atoms with E-state index < -0.39 is 0 Å². The summed E-state index contributed by atoms with van der Waals surface area (Å²) < 4.78 is 5.65. The van der Waals surface area contributed by atoms with Crippen molar-refractivity contribution >= 4 is 17.5 Å². The van der Waals surface area contributed by atoms with Gasteiger partial charge in [-0.3, -0.25) is 4.79 Å². The number of amides is 1. The van der Waals surface area contributed by atoms with Gasteiger partial charge in [0.25, 0.3) is 5.91 Å². The van der Waals surface area contributed by atoms with Gasteiger partial charge >= 0.3 is 0 Å². The van der Waals surface area contributed by atoms with Crippen molar-refractivity contribution in [1.29, 1.82) is 0 Å². The van der Waals surface area contributed by atoms with Crippen LogP contribution in [0.4, 0.5) is 0 Å². The lowest BCUT2D eigenvalue weighted by atomic mass is 9.95. The molecule has 0 N–H and O–H groups in total. The van der Waals surface area contributed by atoms with E-state index in [9.17, 15) is 4.79 Å². The van der Waals surface area contributed by atoms with E-state index in [2.05, 4.69) is 0 Å². The number of carbonyl (C=O) groups is 1. The molecule has 0 bridgehead atoms. The zero-order valence-corrected chi connectivity index (χ0v) is 11.3. The normalized spacial score (nSPS) is 34.0. The quantitative estimate of drug-likeness (QED) is 0.729. The van der Waals surface area contributed by atoms with E-state index in [-0.39, 0.29) is 18.1 Å². The van der Waals surface area contributed by atoms with Crippen molar-refractivity contribution in [2.75, 3.05) is 19.0 Å². The second-order valence-corrected chi connectivity index (χ2v) is 5.66. The Morgan fingerprint density at radius 1 is 1.41 bits per heavy atom. The van der Waals surface area contributed by atoms with Crippen molar-refractivity contribution in [2.45, 2.75) is 51.2 Å². The summed E-state index contributed by atoms with van der Waals surface area (Å²) in [7, 11) is 0. The Bertz CT molecular complexity index is 270. The Hall–Kier alpha value is -0.280. The molecule has 0 aromatic rings. The Balaban J connectivity index is 1.86. The second kappa shape index (κ2) is 6.05. The molecule has 98 valence electrons.